The number of halogens is 1. The topological polar surface area (TPSA) is 70.6 Å². The molecule has 0 saturated carbocycles. The van der Waals surface area contributed by atoms with Gasteiger partial charge in [0, 0.05) is 32.6 Å². The maximum atomic E-state index is 13.0. The van der Waals surface area contributed by atoms with Gasteiger partial charge in [-0.2, -0.15) is 0 Å². The number of aryl methyl sites for hydroxylation is 1. The van der Waals surface area contributed by atoms with Crippen molar-refractivity contribution in [1.29, 1.82) is 0 Å². The molecule has 1 aliphatic heterocycles. The molecule has 6 nitrogen and oxygen atoms in total. The Morgan fingerprint density at radius 3 is 2.52 bits per heavy atom. The predicted molar refractivity (Wildman–Crippen MR) is 121 cm³/mol. The van der Waals surface area contributed by atoms with Crippen molar-refractivity contribution >= 4 is 42.4 Å². The molecule has 0 N–H and O–H groups in total. The van der Waals surface area contributed by atoms with E-state index < -0.39 is 15.7 Å². The fraction of sp³-hybridized carbons (Fsp3) is 0.364. The Morgan fingerprint density at radius 2 is 1.81 bits per heavy atom. The highest BCUT2D eigenvalue weighted by Crippen LogP contribution is 2.30. The van der Waals surface area contributed by atoms with E-state index in [1.54, 1.807) is 16.2 Å². The van der Waals surface area contributed by atoms with E-state index >= 15 is 0 Å². The first-order valence-electron chi connectivity index (χ1n) is 10.2. The number of fused-ring (bicyclic) bond motifs is 1. The van der Waals surface area contributed by atoms with Gasteiger partial charge in [-0.05, 0) is 55.3 Å². The van der Waals surface area contributed by atoms with E-state index in [9.17, 15) is 17.6 Å². The summed E-state index contributed by atoms with van der Waals surface area (Å²) in [6.45, 7) is 4.67. The SMILES string of the molecule is Cc1ccc2nc(N3CCN(C(=O)CCCS(=O)(=O)c4ccc(F)cc4)CC3)sc2c1. The van der Waals surface area contributed by atoms with Gasteiger partial charge < -0.3 is 9.80 Å². The van der Waals surface area contributed by atoms with Crippen molar-refractivity contribution in [2.45, 2.75) is 24.7 Å². The van der Waals surface area contributed by atoms with E-state index in [1.165, 1.54) is 17.7 Å². The van der Waals surface area contributed by atoms with Gasteiger partial charge >= 0.3 is 0 Å². The summed E-state index contributed by atoms with van der Waals surface area (Å²) in [5.41, 5.74) is 2.20. The summed E-state index contributed by atoms with van der Waals surface area (Å²) >= 11 is 1.66. The third-order valence-electron chi connectivity index (χ3n) is 5.41. The molecule has 0 radical (unpaired) electrons. The van der Waals surface area contributed by atoms with Crippen LogP contribution in [0, 0.1) is 12.7 Å². The van der Waals surface area contributed by atoms with Crippen LogP contribution in [0.4, 0.5) is 9.52 Å². The molecule has 0 atom stereocenters. The zero-order valence-corrected chi connectivity index (χ0v) is 18.9. The Balaban J connectivity index is 1.27. The van der Waals surface area contributed by atoms with Crippen LogP contribution in [-0.2, 0) is 14.6 Å². The zero-order chi connectivity index (χ0) is 22.0. The number of anilines is 1. The van der Waals surface area contributed by atoms with Crippen LogP contribution in [0.25, 0.3) is 10.2 Å². The Morgan fingerprint density at radius 1 is 1.10 bits per heavy atom. The fourth-order valence-electron chi connectivity index (χ4n) is 3.63. The summed E-state index contributed by atoms with van der Waals surface area (Å²) in [7, 11) is -3.52. The molecule has 0 spiro atoms. The molecular formula is C22H24FN3O3S2. The van der Waals surface area contributed by atoms with Crippen molar-refractivity contribution in [2.75, 3.05) is 36.8 Å². The third kappa shape index (κ3) is 5.04. The third-order valence-corrected chi connectivity index (χ3v) is 8.31. The van der Waals surface area contributed by atoms with Gasteiger partial charge in [-0.3, -0.25) is 4.79 Å². The van der Waals surface area contributed by atoms with Gasteiger partial charge in [-0.15, -0.1) is 0 Å². The maximum absolute atomic E-state index is 13.0. The summed E-state index contributed by atoms with van der Waals surface area (Å²) in [5, 5.41) is 0.970. The molecule has 1 aromatic heterocycles. The van der Waals surface area contributed by atoms with Crippen LogP contribution in [0.3, 0.4) is 0 Å². The van der Waals surface area contributed by atoms with E-state index in [-0.39, 0.29) is 29.4 Å². The average Bonchev–Trinajstić information content (AvgIpc) is 3.17. The molecule has 1 saturated heterocycles. The Kier molecular flexibility index (Phi) is 6.24. The first-order chi connectivity index (χ1) is 14.8. The van der Waals surface area contributed by atoms with Gasteiger partial charge in [-0.1, -0.05) is 17.4 Å². The van der Waals surface area contributed by atoms with Crippen molar-refractivity contribution in [2.24, 2.45) is 0 Å². The largest absolute Gasteiger partial charge is 0.345 e. The molecule has 31 heavy (non-hydrogen) atoms. The van der Waals surface area contributed by atoms with Gasteiger partial charge in [-0.25, -0.2) is 17.8 Å². The lowest BCUT2D eigenvalue weighted by Gasteiger charge is -2.34. The number of nitrogens with zero attached hydrogens (tertiary/aromatic N) is 3. The smallest absolute Gasteiger partial charge is 0.222 e. The number of amides is 1. The molecule has 3 aromatic rings. The van der Waals surface area contributed by atoms with E-state index in [4.69, 9.17) is 4.98 Å². The number of carbonyl (C=O) groups is 1. The van der Waals surface area contributed by atoms with Gasteiger partial charge in [0.15, 0.2) is 15.0 Å². The second-order valence-corrected chi connectivity index (χ2v) is 10.8. The van der Waals surface area contributed by atoms with Gasteiger partial charge in [0.1, 0.15) is 5.82 Å². The second-order valence-electron chi connectivity index (χ2n) is 7.71. The zero-order valence-electron chi connectivity index (χ0n) is 17.3. The summed E-state index contributed by atoms with van der Waals surface area (Å²) in [5.74, 6) is -0.641. The number of piperazine rings is 1. The number of hydrogen-bond donors (Lipinski definition) is 0. The number of carbonyl (C=O) groups excluding carboxylic acids is 1. The lowest BCUT2D eigenvalue weighted by Crippen LogP contribution is -2.48. The van der Waals surface area contributed by atoms with E-state index in [0.717, 1.165) is 27.5 Å². The van der Waals surface area contributed by atoms with Crippen molar-refractivity contribution in [3.63, 3.8) is 0 Å². The van der Waals surface area contributed by atoms with Crippen molar-refractivity contribution < 1.29 is 17.6 Å². The number of benzene rings is 2. The van der Waals surface area contributed by atoms with E-state index in [2.05, 4.69) is 24.0 Å². The Hall–Kier alpha value is -2.52. The number of sulfone groups is 1. The molecule has 0 aliphatic carbocycles. The van der Waals surface area contributed by atoms with Gasteiger partial charge in [0.25, 0.3) is 0 Å². The molecule has 9 heteroatoms. The minimum Gasteiger partial charge on any atom is -0.345 e. The molecule has 0 unspecified atom stereocenters. The van der Waals surface area contributed by atoms with Gasteiger partial charge in [0.05, 0.1) is 20.9 Å². The van der Waals surface area contributed by atoms with Crippen molar-refractivity contribution in [3.05, 3.63) is 53.8 Å². The molecule has 1 aliphatic rings. The minimum absolute atomic E-state index is 0.0334. The first-order valence-corrected chi connectivity index (χ1v) is 12.7. The van der Waals surface area contributed by atoms with Crippen LogP contribution in [0.5, 0.6) is 0 Å². The highest BCUT2D eigenvalue weighted by atomic mass is 32.2. The number of aromatic nitrogens is 1. The van der Waals surface area contributed by atoms with Crippen LogP contribution in [0.1, 0.15) is 18.4 Å². The summed E-state index contributed by atoms with van der Waals surface area (Å²) in [6.07, 6.45) is 0.427. The van der Waals surface area contributed by atoms with Crippen molar-refractivity contribution in [1.82, 2.24) is 9.88 Å². The number of thiazole rings is 1. The molecule has 164 valence electrons. The lowest BCUT2D eigenvalue weighted by molar-refractivity contribution is -0.131. The molecule has 2 heterocycles. The van der Waals surface area contributed by atoms with Gasteiger partial charge in [0.2, 0.25) is 5.91 Å². The fourth-order valence-corrected chi connectivity index (χ4v) is 6.06. The normalized spacial score (nSPS) is 14.9. The lowest BCUT2D eigenvalue weighted by atomic mass is 10.2. The van der Waals surface area contributed by atoms with Crippen LogP contribution < -0.4 is 4.90 Å². The molecule has 2 aromatic carbocycles. The first kappa shape index (κ1) is 21.7. The second kappa shape index (κ2) is 8.92. The number of hydrogen-bond acceptors (Lipinski definition) is 6. The van der Waals surface area contributed by atoms with Crippen LogP contribution in [0.15, 0.2) is 47.4 Å². The quantitative estimate of drug-likeness (QED) is 0.524. The van der Waals surface area contributed by atoms with E-state index in [1.807, 2.05) is 6.07 Å². The van der Waals surface area contributed by atoms with Crippen molar-refractivity contribution in [3.8, 4) is 0 Å². The minimum atomic E-state index is -3.52. The molecule has 0 bridgehead atoms. The molecular weight excluding hydrogens is 437 g/mol. The Labute approximate surface area is 185 Å². The number of rotatable bonds is 6. The summed E-state index contributed by atoms with van der Waals surface area (Å²) in [4.78, 5) is 21.3. The molecule has 1 amide bonds. The van der Waals surface area contributed by atoms with Crippen LogP contribution >= 0.6 is 11.3 Å². The monoisotopic (exact) mass is 461 g/mol. The molecule has 4 rings (SSSR count). The maximum Gasteiger partial charge on any atom is 0.222 e. The summed E-state index contributed by atoms with van der Waals surface area (Å²) < 4.78 is 38.8. The highest BCUT2D eigenvalue weighted by molar-refractivity contribution is 7.91. The molecule has 1 fully saturated rings. The average molecular weight is 462 g/mol. The standard InChI is InChI=1S/C22H24FN3O3S2/c1-16-4-9-19-20(15-16)30-22(24-19)26-12-10-25(11-13-26)21(27)3-2-14-31(28,29)18-7-5-17(23)6-8-18/h4-9,15H,2-3,10-14H2,1H3. The van der Waals surface area contributed by atoms with E-state index in [0.29, 0.717) is 26.2 Å². The Bertz CT molecular complexity index is 1180. The highest BCUT2D eigenvalue weighted by Gasteiger charge is 2.23. The van der Waals surface area contributed by atoms with Crippen LogP contribution in [-0.4, -0.2) is 56.1 Å². The van der Waals surface area contributed by atoms with Crippen LogP contribution in [0.2, 0.25) is 0 Å². The summed E-state index contributed by atoms with van der Waals surface area (Å²) in [6, 6.07) is 11.0. The predicted octanol–water partition coefficient (Wildman–Crippen LogP) is 3.65.